The quantitative estimate of drug-likeness (QED) is 0.148. The summed E-state index contributed by atoms with van der Waals surface area (Å²) in [6, 6.07) is 96.1. The molecule has 0 amide bonds. The van der Waals surface area contributed by atoms with Crippen molar-refractivity contribution in [2.45, 2.75) is 5.41 Å². The molecule has 1 aliphatic rings. The fourth-order valence-corrected chi connectivity index (χ4v) is 10.6. The van der Waals surface area contributed by atoms with Gasteiger partial charge in [-0.2, -0.15) is 0 Å². The van der Waals surface area contributed by atoms with Crippen molar-refractivity contribution in [1.82, 2.24) is 0 Å². The summed E-state index contributed by atoms with van der Waals surface area (Å²) in [6.07, 6.45) is 0. The highest BCUT2D eigenvalue weighted by molar-refractivity contribution is 6.09. The van der Waals surface area contributed by atoms with Gasteiger partial charge in [-0.05, 0) is 113 Å². The molecule has 0 N–H and O–H groups in total. The van der Waals surface area contributed by atoms with E-state index in [4.69, 9.17) is 0 Å². The minimum Gasteiger partial charge on any atom is -0.310 e. The topological polar surface area (TPSA) is 3.24 Å². The Morgan fingerprint density at radius 3 is 1.44 bits per heavy atom. The van der Waals surface area contributed by atoms with Gasteiger partial charge >= 0.3 is 0 Å². The van der Waals surface area contributed by atoms with Crippen LogP contribution in [0, 0.1) is 0 Å². The maximum Gasteiger partial charge on any atom is 0.0714 e. The van der Waals surface area contributed by atoms with Crippen LogP contribution in [0.3, 0.4) is 0 Å². The molecule has 0 bridgehead atoms. The molecule has 0 spiro atoms. The van der Waals surface area contributed by atoms with Crippen LogP contribution in [0.15, 0.2) is 261 Å². The average molecular weight is 814 g/mol. The molecule has 0 aliphatic heterocycles. The SMILES string of the molecule is c1ccc(-c2ccc(N(c3ccc4c(c3)C(c3ccccc3)(c3ccccc3)c3ccccc3-4)c3cccc(-c4cccc5ccccc45)c3-c3cccc4ccccc34)cc2)cc1. The van der Waals surface area contributed by atoms with Crippen LogP contribution in [0.25, 0.3) is 66.1 Å². The van der Waals surface area contributed by atoms with Gasteiger partial charge in [-0.25, -0.2) is 0 Å². The number of rotatable bonds is 8. The lowest BCUT2D eigenvalue weighted by molar-refractivity contribution is 0.768. The van der Waals surface area contributed by atoms with Gasteiger partial charge in [-0.3, -0.25) is 0 Å². The summed E-state index contributed by atoms with van der Waals surface area (Å²) in [7, 11) is 0. The van der Waals surface area contributed by atoms with Crippen molar-refractivity contribution in [3.63, 3.8) is 0 Å². The van der Waals surface area contributed by atoms with Gasteiger partial charge in [-0.15, -0.1) is 0 Å². The number of anilines is 3. The Morgan fingerprint density at radius 1 is 0.281 bits per heavy atom. The summed E-state index contributed by atoms with van der Waals surface area (Å²) >= 11 is 0. The average Bonchev–Trinajstić information content (AvgIpc) is 3.67. The van der Waals surface area contributed by atoms with Crippen molar-refractivity contribution in [1.29, 1.82) is 0 Å². The van der Waals surface area contributed by atoms with Crippen LogP contribution in [0.1, 0.15) is 22.3 Å². The molecule has 0 saturated carbocycles. The first-order valence-electron chi connectivity index (χ1n) is 22.2. The van der Waals surface area contributed by atoms with E-state index in [1.165, 1.54) is 88.3 Å². The van der Waals surface area contributed by atoms with Gasteiger partial charge in [0.2, 0.25) is 0 Å². The van der Waals surface area contributed by atoms with Crippen molar-refractivity contribution < 1.29 is 0 Å². The molecule has 64 heavy (non-hydrogen) atoms. The van der Waals surface area contributed by atoms with Crippen molar-refractivity contribution in [3.05, 3.63) is 283 Å². The maximum atomic E-state index is 2.50. The first kappa shape index (κ1) is 37.5. The van der Waals surface area contributed by atoms with Gasteiger partial charge in [0, 0.05) is 16.9 Å². The van der Waals surface area contributed by atoms with Crippen LogP contribution in [0.2, 0.25) is 0 Å². The second kappa shape index (κ2) is 15.6. The summed E-state index contributed by atoms with van der Waals surface area (Å²) in [5.41, 5.74) is 17.5. The molecule has 1 nitrogen and oxygen atoms in total. The third-order valence-corrected chi connectivity index (χ3v) is 13.4. The Balaban J connectivity index is 1.18. The summed E-state index contributed by atoms with van der Waals surface area (Å²) in [5.74, 6) is 0. The molecule has 11 aromatic carbocycles. The predicted molar refractivity (Wildman–Crippen MR) is 270 cm³/mol. The number of hydrogen-bond acceptors (Lipinski definition) is 1. The third-order valence-electron chi connectivity index (χ3n) is 13.4. The molecule has 1 aliphatic carbocycles. The van der Waals surface area contributed by atoms with Crippen LogP contribution in [-0.4, -0.2) is 0 Å². The van der Waals surface area contributed by atoms with E-state index in [0.717, 1.165) is 17.1 Å². The van der Waals surface area contributed by atoms with E-state index in [1.54, 1.807) is 0 Å². The molecule has 300 valence electrons. The lowest BCUT2D eigenvalue weighted by atomic mass is 9.67. The summed E-state index contributed by atoms with van der Waals surface area (Å²) in [6.45, 7) is 0. The van der Waals surface area contributed by atoms with Gasteiger partial charge in [0.1, 0.15) is 0 Å². The highest BCUT2D eigenvalue weighted by Gasteiger charge is 2.46. The van der Waals surface area contributed by atoms with Gasteiger partial charge in [-0.1, -0.05) is 231 Å². The second-order valence-corrected chi connectivity index (χ2v) is 16.8. The zero-order valence-electron chi connectivity index (χ0n) is 35.3. The standard InChI is InChI=1S/C63H43N/c1-4-19-44(20-5-1)45-37-39-50(40-38-45)64(51-41-42-56-55-31-14-15-35-59(55)63(60(56)43-51,48-25-6-2-7-26-48)49-27-8-3-9-28-49)61-36-18-34-58(54-32-16-23-46-21-10-12-29-52(46)54)62(61)57-33-17-24-47-22-11-13-30-53(47)57/h1-43H. The normalized spacial score (nSPS) is 12.5. The Labute approximate surface area is 374 Å². The van der Waals surface area contributed by atoms with E-state index in [1.807, 2.05) is 0 Å². The van der Waals surface area contributed by atoms with Crippen LogP contribution in [0.5, 0.6) is 0 Å². The lowest BCUT2D eigenvalue weighted by Crippen LogP contribution is -2.28. The molecule has 0 radical (unpaired) electrons. The summed E-state index contributed by atoms with van der Waals surface area (Å²) in [5, 5.41) is 4.88. The minimum absolute atomic E-state index is 0.545. The largest absolute Gasteiger partial charge is 0.310 e. The Kier molecular flexibility index (Phi) is 9.13. The van der Waals surface area contributed by atoms with E-state index >= 15 is 0 Å². The molecule has 0 fully saturated rings. The molecule has 11 aromatic rings. The third kappa shape index (κ3) is 6.01. The first-order valence-corrected chi connectivity index (χ1v) is 22.2. The van der Waals surface area contributed by atoms with Gasteiger partial charge in [0.25, 0.3) is 0 Å². The van der Waals surface area contributed by atoms with Crippen LogP contribution >= 0.6 is 0 Å². The number of hydrogen-bond donors (Lipinski definition) is 0. The van der Waals surface area contributed by atoms with E-state index in [-0.39, 0.29) is 0 Å². The molecule has 0 unspecified atom stereocenters. The van der Waals surface area contributed by atoms with Crippen LogP contribution in [0.4, 0.5) is 17.1 Å². The molecule has 0 aromatic heterocycles. The van der Waals surface area contributed by atoms with E-state index < -0.39 is 5.41 Å². The summed E-state index contributed by atoms with van der Waals surface area (Å²) < 4.78 is 0. The number of fused-ring (bicyclic) bond motifs is 5. The smallest absolute Gasteiger partial charge is 0.0714 e. The van der Waals surface area contributed by atoms with Gasteiger partial charge < -0.3 is 4.90 Å². The monoisotopic (exact) mass is 813 g/mol. The lowest BCUT2D eigenvalue weighted by Gasteiger charge is -2.35. The molecule has 12 rings (SSSR count). The highest BCUT2D eigenvalue weighted by atomic mass is 15.1. The zero-order valence-corrected chi connectivity index (χ0v) is 35.3. The molecule has 0 saturated heterocycles. The molecular formula is C63H43N. The molecule has 0 atom stereocenters. The molecular weight excluding hydrogens is 771 g/mol. The maximum absolute atomic E-state index is 2.50. The number of benzene rings is 11. The molecule has 1 heteroatoms. The van der Waals surface area contributed by atoms with Crippen molar-refractivity contribution in [2.75, 3.05) is 4.90 Å². The van der Waals surface area contributed by atoms with Crippen LogP contribution in [-0.2, 0) is 5.41 Å². The Bertz CT molecular complexity index is 3430. The minimum atomic E-state index is -0.545. The fourth-order valence-electron chi connectivity index (χ4n) is 10.6. The Morgan fingerprint density at radius 2 is 0.750 bits per heavy atom. The van der Waals surface area contributed by atoms with Gasteiger partial charge in [0.15, 0.2) is 0 Å². The summed E-state index contributed by atoms with van der Waals surface area (Å²) in [4.78, 5) is 2.50. The Hall–Kier alpha value is -8.26. The number of nitrogens with zero attached hydrogens (tertiary/aromatic N) is 1. The second-order valence-electron chi connectivity index (χ2n) is 16.8. The van der Waals surface area contributed by atoms with Crippen molar-refractivity contribution >= 4 is 38.6 Å². The molecule has 0 heterocycles. The predicted octanol–water partition coefficient (Wildman–Crippen LogP) is 16.8. The van der Waals surface area contributed by atoms with E-state index in [9.17, 15) is 0 Å². The van der Waals surface area contributed by atoms with E-state index in [0.29, 0.717) is 0 Å². The van der Waals surface area contributed by atoms with Gasteiger partial charge in [0.05, 0.1) is 11.1 Å². The van der Waals surface area contributed by atoms with Crippen molar-refractivity contribution in [3.8, 4) is 44.5 Å². The first-order chi connectivity index (χ1) is 31.8. The highest BCUT2D eigenvalue weighted by Crippen LogP contribution is 2.58. The zero-order chi connectivity index (χ0) is 42.5. The fraction of sp³-hybridized carbons (Fsp3) is 0.0159. The van der Waals surface area contributed by atoms with Crippen LogP contribution < -0.4 is 4.90 Å². The van der Waals surface area contributed by atoms with Crippen molar-refractivity contribution in [2.24, 2.45) is 0 Å². The van der Waals surface area contributed by atoms with E-state index in [2.05, 4.69) is 266 Å².